The molecule has 31 heavy (non-hydrogen) atoms. The Hall–Kier alpha value is -3.87. The molecular weight excluding hydrogens is 397 g/mol. The van der Waals surface area contributed by atoms with E-state index >= 15 is 0 Å². The quantitative estimate of drug-likeness (QED) is 0.580. The molecule has 0 heterocycles. The van der Waals surface area contributed by atoms with E-state index in [0.29, 0.717) is 12.1 Å². The van der Waals surface area contributed by atoms with Gasteiger partial charge in [0.25, 0.3) is 11.8 Å². The molecule has 0 aliphatic rings. The Morgan fingerprint density at radius 3 is 2.32 bits per heavy atom. The first-order valence-corrected chi connectivity index (χ1v) is 9.74. The maximum Gasteiger partial charge on any atom is 0.262 e. The zero-order valence-electron chi connectivity index (χ0n) is 17.4. The van der Waals surface area contributed by atoms with Crippen LogP contribution in [-0.2, 0) is 11.3 Å². The standard InChI is InChI=1S/C24H24FN3O3/c1-28(2)18-13-11-17(12-14-18)15-26-24(30)19-7-3-6-10-22(19)31-16-23(29)27-21-9-5-4-8-20(21)25/h3-14H,15-16H2,1-2H3,(H,26,30)(H,27,29). The van der Waals surface area contributed by atoms with Crippen LogP contribution in [0, 0.1) is 5.82 Å². The lowest BCUT2D eigenvalue weighted by Gasteiger charge is -2.14. The summed E-state index contributed by atoms with van der Waals surface area (Å²) in [6.45, 7) is -0.000723. The lowest BCUT2D eigenvalue weighted by Crippen LogP contribution is -2.25. The van der Waals surface area contributed by atoms with E-state index in [-0.39, 0.29) is 24.0 Å². The van der Waals surface area contributed by atoms with Crippen LogP contribution in [0.3, 0.4) is 0 Å². The molecule has 7 heteroatoms. The molecule has 2 N–H and O–H groups in total. The lowest BCUT2D eigenvalue weighted by atomic mass is 10.1. The first kappa shape index (κ1) is 21.8. The Kier molecular flexibility index (Phi) is 7.22. The Balaban J connectivity index is 1.58. The molecule has 3 aromatic carbocycles. The summed E-state index contributed by atoms with van der Waals surface area (Å²) in [5.74, 6) is -1.11. The van der Waals surface area contributed by atoms with Gasteiger partial charge in [-0.3, -0.25) is 9.59 Å². The molecule has 0 unspecified atom stereocenters. The van der Waals surface area contributed by atoms with Crippen LogP contribution in [0.5, 0.6) is 5.75 Å². The van der Waals surface area contributed by atoms with Crippen molar-refractivity contribution in [3.05, 3.63) is 89.7 Å². The average Bonchev–Trinajstić information content (AvgIpc) is 2.78. The highest BCUT2D eigenvalue weighted by atomic mass is 19.1. The smallest absolute Gasteiger partial charge is 0.262 e. The molecule has 0 aliphatic heterocycles. The third-order valence-electron chi connectivity index (χ3n) is 4.54. The fourth-order valence-electron chi connectivity index (χ4n) is 2.86. The minimum Gasteiger partial charge on any atom is -0.483 e. The molecule has 3 rings (SSSR count). The van der Waals surface area contributed by atoms with Crippen molar-refractivity contribution in [2.45, 2.75) is 6.54 Å². The first-order valence-electron chi connectivity index (χ1n) is 9.74. The number of hydrogen-bond donors (Lipinski definition) is 2. The summed E-state index contributed by atoms with van der Waals surface area (Å²) in [6, 6.07) is 20.4. The van der Waals surface area contributed by atoms with E-state index in [1.165, 1.54) is 18.2 Å². The van der Waals surface area contributed by atoms with Crippen LogP contribution in [0.15, 0.2) is 72.8 Å². The number of anilines is 2. The Bertz CT molecular complexity index is 1050. The van der Waals surface area contributed by atoms with Gasteiger partial charge in [0.2, 0.25) is 0 Å². The van der Waals surface area contributed by atoms with Crippen LogP contribution < -0.4 is 20.3 Å². The monoisotopic (exact) mass is 421 g/mol. The van der Waals surface area contributed by atoms with Crippen molar-refractivity contribution in [3.8, 4) is 5.75 Å². The number of para-hydroxylation sites is 2. The molecule has 0 saturated carbocycles. The number of carbonyl (C=O) groups is 2. The van der Waals surface area contributed by atoms with Crippen LogP contribution in [-0.4, -0.2) is 32.5 Å². The van der Waals surface area contributed by atoms with Gasteiger partial charge in [0, 0.05) is 26.3 Å². The molecule has 0 aromatic heterocycles. The van der Waals surface area contributed by atoms with Crippen LogP contribution in [0.25, 0.3) is 0 Å². The fraction of sp³-hybridized carbons (Fsp3) is 0.167. The van der Waals surface area contributed by atoms with Crippen LogP contribution in [0.4, 0.5) is 15.8 Å². The second kappa shape index (κ2) is 10.2. The molecule has 0 atom stereocenters. The van der Waals surface area contributed by atoms with Gasteiger partial charge in [0.15, 0.2) is 6.61 Å². The van der Waals surface area contributed by atoms with Crippen molar-refractivity contribution >= 4 is 23.2 Å². The van der Waals surface area contributed by atoms with Gasteiger partial charge >= 0.3 is 0 Å². The Morgan fingerprint density at radius 2 is 1.61 bits per heavy atom. The maximum absolute atomic E-state index is 13.7. The number of nitrogens with one attached hydrogen (secondary N) is 2. The first-order chi connectivity index (χ1) is 14.9. The molecule has 2 amide bonds. The number of carbonyl (C=O) groups excluding carboxylic acids is 2. The van der Waals surface area contributed by atoms with Crippen molar-refractivity contribution in [2.24, 2.45) is 0 Å². The molecule has 0 radical (unpaired) electrons. The van der Waals surface area contributed by atoms with Gasteiger partial charge in [-0.15, -0.1) is 0 Å². The zero-order chi connectivity index (χ0) is 22.2. The van der Waals surface area contributed by atoms with Crippen molar-refractivity contribution in [3.63, 3.8) is 0 Å². The van der Waals surface area contributed by atoms with Gasteiger partial charge in [-0.25, -0.2) is 4.39 Å². The molecule has 160 valence electrons. The molecule has 0 bridgehead atoms. The predicted octanol–water partition coefficient (Wildman–Crippen LogP) is 3.84. The van der Waals surface area contributed by atoms with E-state index in [9.17, 15) is 14.0 Å². The third-order valence-corrected chi connectivity index (χ3v) is 4.54. The Labute approximate surface area is 180 Å². The summed E-state index contributed by atoms with van der Waals surface area (Å²) < 4.78 is 19.2. The Morgan fingerprint density at radius 1 is 0.935 bits per heavy atom. The number of rotatable bonds is 8. The normalized spacial score (nSPS) is 10.3. The SMILES string of the molecule is CN(C)c1ccc(CNC(=O)c2ccccc2OCC(=O)Nc2ccccc2F)cc1. The molecular formula is C24H24FN3O3. The summed E-state index contributed by atoms with van der Waals surface area (Å²) in [5.41, 5.74) is 2.41. The fourth-order valence-corrected chi connectivity index (χ4v) is 2.86. The van der Waals surface area contributed by atoms with Crippen molar-refractivity contribution < 1.29 is 18.7 Å². The van der Waals surface area contributed by atoms with Crippen molar-refractivity contribution in [1.29, 1.82) is 0 Å². The molecule has 0 saturated heterocycles. The van der Waals surface area contributed by atoms with E-state index in [1.807, 2.05) is 43.3 Å². The highest BCUT2D eigenvalue weighted by Gasteiger charge is 2.14. The minimum atomic E-state index is -0.533. The topological polar surface area (TPSA) is 70.7 Å². The molecule has 6 nitrogen and oxygen atoms in total. The second-order valence-electron chi connectivity index (χ2n) is 7.06. The number of benzene rings is 3. The lowest BCUT2D eigenvalue weighted by molar-refractivity contribution is -0.118. The van der Waals surface area contributed by atoms with E-state index < -0.39 is 11.7 Å². The highest BCUT2D eigenvalue weighted by Crippen LogP contribution is 2.19. The van der Waals surface area contributed by atoms with Gasteiger partial charge in [-0.05, 0) is 42.0 Å². The van der Waals surface area contributed by atoms with Crippen LogP contribution in [0.1, 0.15) is 15.9 Å². The maximum atomic E-state index is 13.7. The number of nitrogens with zero attached hydrogens (tertiary/aromatic N) is 1. The van der Waals surface area contributed by atoms with Gasteiger partial charge in [0.1, 0.15) is 11.6 Å². The third kappa shape index (κ3) is 6.05. The predicted molar refractivity (Wildman–Crippen MR) is 119 cm³/mol. The number of ether oxygens (including phenoxy) is 1. The molecule has 3 aromatic rings. The molecule has 0 fully saturated rings. The second-order valence-corrected chi connectivity index (χ2v) is 7.06. The molecule has 0 aliphatic carbocycles. The summed E-state index contributed by atoms with van der Waals surface area (Å²) in [4.78, 5) is 26.7. The van der Waals surface area contributed by atoms with Crippen molar-refractivity contribution in [1.82, 2.24) is 5.32 Å². The van der Waals surface area contributed by atoms with Crippen LogP contribution >= 0.6 is 0 Å². The number of halogens is 1. The van der Waals surface area contributed by atoms with E-state index in [4.69, 9.17) is 4.74 Å². The van der Waals surface area contributed by atoms with Crippen molar-refractivity contribution in [2.75, 3.05) is 30.9 Å². The number of hydrogen-bond acceptors (Lipinski definition) is 4. The largest absolute Gasteiger partial charge is 0.483 e. The van der Waals surface area contributed by atoms with E-state index in [2.05, 4.69) is 10.6 Å². The van der Waals surface area contributed by atoms with Gasteiger partial charge in [0.05, 0.1) is 11.3 Å². The minimum absolute atomic E-state index is 0.0717. The summed E-state index contributed by atoms with van der Waals surface area (Å²) in [5, 5.41) is 5.30. The highest BCUT2D eigenvalue weighted by molar-refractivity contribution is 5.97. The van der Waals surface area contributed by atoms with Gasteiger partial charge < -0.3 is 20.3 Å². The number of amides is 2. The average molecular weight is 421 g/mol. The van der Waals surface area contributed by atoms with E-state index in [1.54, 1.807) is 30.3 Å². The van der Waals surface area contributed by atoms with Crippen LogP contribution in [0.2, 0.25) is 0 Å². The van der Waals surface area contributed by atoms with Gasteiger partial charge in [-0.2, -0.15) is 0 Å². The molecule has 0 spiro atoms. The summed E-state index contributed by atoms with van der Waals surface area (Å²) in [7, 11) is 3.93. The summed E-state index contributed by atoms with van der Waals surface area (Å²) in [6.07, 6.45) is 0. The zero-order valence-corrected chi connectivity index (χ0v) is 17.4. The van der Waals surface area contributed by atoms with E-state index in [0.717, 1.165) is 11.3 Å². The van der Waals surface area contributed by atoms with Gasteiger partial charge in [-0.1, -0.05) is 36.4 Å². The summed E-state index contributed by atoms with van der Waals surface area (Å²) >= 11 is 0.